The zero-order valence-corrected chi connectivity index (χ0v) is 16.6. The molecule has 4 rings (SSSR count). The van der Waals surface area contributed by atoms with Gasteiger partial charge in [0.1, 0.15) is 5.75 Å². The minimum absolute atomic E-state index is 0.00214. The van der Waals surface area contributed by atoms with Crippen molar-refractivity contribution in [1.82, 2.24) is 5.32 Å². The molecule has 1 heterocycles. The standard InChI is InChI=1S/C22H27N3O3/c1-22(2,3)15-5-8-18(26)17(11-15)25-21(24-16-6-7-16)23-12-14-4-9-19-20(10-14)28-13-27-19/h4-5,8-11,16,26H,6-7,12-13H2,1-3H3,(H2,23,24,25). The van der Waals surface area contributed by atoms with Crippen molar-refractivity contribution in [2.75, 3.05) is 12.1 Å². The maximum Gasteiger partial charge on any atom is 0.231 e. The van der Waals surface area contributed by atoms with Gasteiger partial charge in [0.2, 0.25) is 6.79 Å². The van der Waals surface area contributed by atoms with Gasteiger partial charge in [-0.25, -0.2) is 4.99 Å². The average Bonchev–Trinajstić information content (AvgIpc) is 3.34. The van der Waals surface area contributed by atoms with Crippen LogP contribution in [0, 0.1) is 0 Å². The Bertz CT molecular complexity index is 898. The minimum atomic E-state index is -0.00214. The molecule has 1 saturated carbocycles. The van der Waals surface area contributed by atoms with Crippen LogP contribution in [0.15, 0.2) is 41.4 Å². The first-order chi connectivity index (χ1) is 13.4. The van der Waals surface area contributed by atoms with Crippen LogP contribution >= 0.6 is 0 Å². The van der Waals surface area contributed by atoms with Crippen molar-refractivity contribution in [2.45, 2.75) is 51.6 Å². The molecular formula is C22H27N3O3. The van der Waals surface area contributed by atoms with Crippen LogP contribution in [-0.4, -0.2) is 23.9 Å². The van der Waals surface area contributed by atoms with Gasteiger partial charge in [-0.2, -0.15) is 0 Å². The fraction of sp³-hybridized carbons (Fsp3) is 0.409. The normalized spacial score (nSPS) is 16.2. The van der Waals surface area contributed by atoms with Crippen molar-refractivity contribution in [2.24, 2.45) is 4.99 Å². The molecule has 28 heavy (non-hydrogen) atoms. The van der Waals surface area contributed by atoms with Gasteiger partial charge in [-0.15, -0.1) is 0 Å². The van der Waals surface area contributed by atoms with E-state index in [0.717, 1.165) is 35.5 Å². The maximum absolute atomic E-state index is 10.3. The Morgan fingerprint density at radius 1 is 1.11 bits per heavy atom. The van der Waals surface area contributed by atoms with E-state index in [4.69, 9.17) is 14.5 Å². The Kier molecular flexibility index (Phi) is 4.79. The second-order valence-corrected chi connectivity index (χ2v) is 8.38. The van der Waals surface area contributed by atoms with Crippen molar-refractivity contribution in [3.8, 4) is 17.2 Å². The lowest BCUT2D eigenvalue weighted by molar-refractivity contribution is 0.174. The van der Waals surface area contributed by atoms with Crippen LogP contribution in [-0.2, 0) is 12.0 Å². The molecule has 0 unspecified atom stereocenters. The van der Waals surface area contributed by atoms with Crippen molar-refractivity contribution < 1.29 is 14.6 Å². The van der Waals surface area contributed by atoms with Gasteiger partial charge in [0, 0.05) is 6.04 Å². The summed E-state index contributed by atoms with van der Waals surface area (Å²) in [5, 5.41) is 17.0. The number of benzene rings is 2. The lowest BCUT2D eigenvalue weighted by Crippen LogP contribution is -2.32. The monoisotopic (exact) mass is 381 g/mol. The van der Waals surface area contributed by atoms with Gasteiger partial charge in [0.15, 0.2) is 17.5 Å². The molecule has 0 bridgehead atoms. The SMILES string of the molecule is CC(C)(C)c1ccc(O)c(NC(=NCc2ccc3c(c2)OCO3)NC2CC2)c1. The smallest absolute Gasteiger partial charge is 0.231 e. The van der Waals surface area contributed by atoms with Gasteiger partial charge in [-0.1, -0.05) is 32.9 Å². The average molecular weight is 381 g/mol. The van der Waals surface area contributed by atoms with Crippen molar-refractivity contribution >= 4 is 11.6 Å². The predicted molar refractivity (Wildman–Crippen MR) is 110 cm³/mol. The number of ether oxygens (including phenoxy) is 2. The van der Waals surface area contributed by atoms with Crippen LogP contribution in [0.5, 0.6) is 17.2 Å². The highest BCUT2D eigenvalue weighted by atomic mass is 16.7. The van der Waals surface area contributed by atoms with E-state index in [1.54, 1.807) is 6.07 Å². The third kappa shape index (κ3) is 4.32. The number of anilines is 1. The second kappa shape index (κ2) is 7.26. The van der Waals surface area contributed by atoms with E-state index in [-0.39, 0.29) is 18.0 Å². The molecule has 0 aromatic heterocycles. The molecule has 1 fully saturated rings. The first kappa shape index (κ1) is 18.5. The number of phenols is 1. The first-order valence-electron chi connectivity index (χ1n) is 9.68. The number of nitrogens with zero attached hydrogens (tertiary/aromatic N) is 1. The van der Waals surface area contributed by atoms with Crippen LogP contribution in [0.1, 0.15) is 44.7 Å². The molecule has 0 saturated heterocycles. The van der Waals surface area contributed by atoms with Gasteiger partial charge in [-0.05, 0) is 53.6 Å². The molecule has 6 nitrogen and oxygen atoms in total. The molecule has 6 heteroatoms. The van der Waals surface area contributed by atoms with Crippen LogP contribution < -0.4 is 20.1 Å². The lowest BCUT2D eigenvalue weighted by atomic mass is 9.87. The fourth-order valence-electron chi connectivity index (χ4n) is 2.98. The highest BCUT2D eigenvalue weighted by Gasteiger charge is 2.23. The molecule has 2 aliphatic rings. The Balaban J connectivity index is 1.54. The molecular weight excluding hydrogens is 354 g/mol. The van der Waals surface area contributed by atoms with Gasteiger partial charge >= 0.3 is 0 Å². The number of aliphatic imine (C=N–C) groups is 1. The summed E-state index contributed by atoms with van der Waals surface area (Å²) < 4.78 is 10.8. The number of fused-ring (bicyclic) bond motifs is 1. The Labute approximate surface area is 165 Å². The number of phenolic OH excluding ortho intramolecular Hbond substituents is 1. The molecule has 148 valence electrons. The minimum Gasteiger partial charge on any atom is -0.506 e. The molecule has 0 radical (unpaired) electrons. The Morgan fingerprint density at radius 3 is 2.64 bits per heavy atom. The van der Waals surface area contributed by atoms with E-state index in [9.17, 15) is 5.11 Å². The van der Waals surface area contributed by atoms with E-state index >= 15 is 0 Å². The summed E-state index contributed by atoms with van der Waals surface area (Å²) in [6.07, 6.45) is 2.28. The largest absolute Gasteiger partial charge is 0.506 e. The van der Waals surface area contributed by atoms with E-state index < -0.39 is 0 Å². The van der Waals surface area contributed by atoms with Gasteiger partial charge in [0.05, 0.1) is 12.2 Å². The molecule has 1 aliphatic carbocycles. The van der Waals surface area contributed by atoms with E-state index in [2.05, 4.69) is 31.4 Å². The summed E-state index contributed by atoms with van der Waals surface area (Å²) in [6, 6.07) is 12.0. The van der Waals surface area contributed by atoms with E-state index in [0.29, 0.717) is 24.2 Å². The van der Waals surface area contributed by atoms with Gasteiger partial charge in [-0.3, -0.25) is 0 Å². The predicted octanol–water partition coefficient (Wildman–Crippen LogP) is 4.14. The molecule has 0 amide bonds. The number of hydrogen-bond donors (Lipinski definition) is 3. The number of guanidine groups is 1. The van der Waals surface area contributed by atoms with Crippen LogP contribution in [0.25, 0.3) is 0 Å². The lowest BCUT2D eigenvalue weighted by Gasteiger charge is -2.21. The number of nitrogens with one attached hydrogen (secondary N) is 2. The second-order valence-electron chi connectivity index (χ2n) is 8.38. The van der Waals surface area contributed by atoms with Gasteiger partial charge in [0.25, 0.3) is 0 Å². The zero-order chi connectivity index (χ0) is 19.7. The molecule has 2 aromatic rings. The third-order valence-corrected chi connectivity index (χ3v) is 4.89. The molecule has 0 atom stereocenters. The number of hydrogen-bond acceptors (Lipinski definition) is 4. The third-order valence-electron chi connectivity index (χ3n) is 4.89. The molecule has 0 spiro atoms. The van der Waals surface area contributed by atoms with Crippen LogP contribution in [0.4, 0.5) is 5.69 Å². The van der Waals surface area contributed by atoms with Gasteiger partial charge < -0.3 is 25.2 Å². The van der Waals surface area contributed by atoms with Crippen molar-refractivity contribution in [3.05, 3.63) is 47.5 Å². The Hall–Kier alpha value is -2.89. The zero-order valence-electron chi connectivity index (χ0n) is 16.6. The summed E-state index contributed by atoms with van der Waals surface area (Å²) in [5.41, 5.74) is 2.84. The summed E-state index contributed by atoms with van der Waals surface area (Å²) in [7, 11) is 0. The molecule has 1 aliphatic heterocycles. The summed E-state index contributed by atoms with van der Waals surface area (Å²) in [6.45, 7) is 7.22. The Morgan fingerprint density at radius 2 is 1.89 bits per heavy atom. The highest BCUT2D eigenvalue weighted by molar-refractivity contribution is 5.95. The quantitative estimate of drug-likeness (QED) is 0.422. The fourth-order valence-corrected chi connectivity index (χ4v) is 2.98. The molecule has 2 aromatic carbocycles. The number of aromatic hydroxyl groups is 1. The van der Waals surface area contributed by atoms with E-state index in [1.807, 2.05) is 30.3 Å². The number of rotatable bonds is 4. The maximum atomic E-state index is 10.3. The summed E-state index contributed by atoms with van der Waals surface area (Å²) in [5.74, 6) is 2.40. The van der Waals surface area contributed by atoms with Crippen LogP contribution in [0.2, 0.25) is 0 Å². The van der Waals surface area contributed by atoms with Crippen molar-refractivity contribution in [1.29, 1.82) is 0 Å². The van der Waals surface area contributed by atoms with Crippen LogP contribution in [0.3, 0.4) is 0 Å². The molecule has 3 N–H and O–H groups in total. The summed E-state index contributed by atoms with van der Waals surface area (Å²) >= 11 is 0. The highest BCUT2D eigenvalue weighted by Crippen LogP contribution is 2.33. The first-order valence-corrected chi connectivity index (χ1v) is 9.68. The summed E-state index contributed by atoms with van der Waals surface area (Å²) in [4.78, 5) is 4.71. The van der Waals surface area contributed by atoms with E-state index in [1.165, 1.54) is 0 Å². The van der Waals surface area contributed by atoms with Crippen molar-refractivity contribution in [3.63, 3.8) is 0 Å². The topological polar surface area (TPSA) is 75.1 Å².